The third-order valence-corrected chi connectivity index (χ3v) is 4.80. The molecule has 0 unspecified atom stereocenters. The number of ether oxygens (including phenoxy) is 1. The average molecular weight is 462 g/mol. The third kappa shape index (κ3) is 4.53. The van der Waals surface area contributed by atoms with Gasteiger partial charge in [0, 0.05) is 18.7 Å². The zero-order valence-corrected chi connectivity index (χ0v) is 18.1. The van der Waals surface area contributed by atoms with Crippen LogP contribution in [-0.4, -0.2) is 41.4 Å². The van der Waals surface area contributed by atoms with E-state index < -0.39 is 30.3 Å². The van der Waals surface area contributed by atoms with Gasteiger partial charge in [0.2, 0.25) is 5.91 Å². The first kappa shape index (κ1) is 22.4. The van der Waals surface area contributed by atoms with Crippen LogP contribution in [0.25, 0.3) is 0 Å². The molecule has 2 aromatic carbocycles. The van der Waals surface area contributed by atoms with Crippen LogP contribution in [0.2, 0.25) is 0 Å². The maximum absolute atomic E-state index is 12.9. The number of hydrogen-bond acceptors (Lipinski definition) is 8. The van der Waals surface area contributed by atoms with E-state index >= 15 is 0 Å². The Hall–Kier alpha value is -4.80. The third-order valence-electron chi connectivity index (χ3n) is 4.80. The highest BCUT2D eigenvalue weighted by atomic mass is 16.5. The summed E-state index contributed by atoms with van der Waals surface area (Å²) in [6.45, 7) is 2.44. The van der Waals surface area contributed by atoms with Gasteiger partial charge in [0.25, 0.3) is 17.7 Å². The van der Waals surface area contributed by atoms with Gasteiger partial charge in [0.05, 0.1) is 22.4 Å². The number of imide groups is 1. The molecule has 2 N–H and O–H groups in total. The van der Waals surface area contributed by atoms with Gasteiger partial charge >= 0.3 is 5.97 Å². The first-order valence-corrected chi connectivity index (χ1v) is 10.0. The predicted octanol–water partition coefficient (Wildman–Crippen LogP) is 2.54. The molecule has 1 aromatic heterocycles. The zero-order valence-electron chi connectivity index (χ0n) is 18.1. The molecule has 0 radical (unpaired) electrons. The smallest absolute Gasteiger partial charge is 0.338 e. The van der Waals surface area contributed by atoms with Gasteiger partial charge in [-0.25, -0.2) is 9.69 Å². The number of carbonyl (C=O) groups is 5. The Labute approximate surface area is 192 Å². The molecule has 0 saturated heterocycles. The summed E-state index contributed by atoms with van der Waals surface area (Å²) < 4.78 is 9.82. The molecule has 34 heavy (non-hydrogen) atoms. The molecule has 1 aliphatic heterocycles. The summed E-state index contributed by atoms with van der Waals surface area (Å²) in [6, 6.07) is 11.6. The van der Waals surface area contributed by atoms with Crippen molar-refractivity contribution in [3.63, 3.8) is 0 Å². The first-order valence-electron chi connectivity index (χ1n) is 10.0. The minimum absolute atomic E-state index is 0.00726. The van der Waals surface area contributed by atoms with E-state index in [-0.39, 0.29) is 28.4 Å². The van der Waals surface area contributed by atoms with Gasteiger partial charge in [-0.3, -0.25) is 19.2 Å². The minimum atomic E-state index is -0.840. The van der Waals surface area contributed by atoms with Crippen LogP contribution in [0.4, 0.5) is 17.2 Å². The van der Waals surface area contributed by atoms with E-state index in [2.05, 4.69) is 15.8 Å². The molecule has 1 aliphatic rings. The molecular weight excluding hydrogens is 444 g/mol. The average Bonchev–Trinajstić information content (AvgIpc) is 3.32. The molecule has 0 aliphatic carbocycles. The Morgan fingerprint density at radius 3 is 2.32 bits per heavy atom. The Morgan fingerprint density at radius 2 is 1.68 bits per heavy atom. The second kappa shape index (κ2) is 8.98. The van der Waals surface area contributed by atoms with Gasteiger partial charge in [0.15, 0.2) is 12.4 Å². The van der Waals surface area contributed by atoms with Crippen LogP contribution >= 0.6 is 0 Å². The monoisotopic (exact) mass is 462 g/mol. The molecule has 11 nitrogen and oxygen atoms in total. The molecule has 0 saturated carbocycles. The normalized spacial score (nSPS) is 12.4. The molecular formula is C23H18N4O7. The highest BCUT2D eigenvalue weighted by Crippen LogP contribution is 2.30. The minimum Gasteiger partial charge on any atom is -0.452 e. The standard InChI is InChI=1S/C23H18N4O7/c1-12-9-19(26-34-12)25-20(29)11-33-23(32)14-3-8-17-18(10-14)22(31)27(21(17)30)16-6-4-15(5-7-16)24-13(2)28/h3-10H,11H2,1-2H3,(H,24,28)(H,25,26,29). The number of anilines is 3. The van der Waals surface area contributed by atoms with Crippen molar-refractivity contribution in [2.75, 3.05) is 22.1 Å². The fraction of sp³-hybridized carbons (Fsp3) is 0.130. The number of benzene rings is 2. The van der Waals surface area contributed by atoms with Crippen molar-refractivity contribution in [1.82, 2.24) is 5.16 Å². The number of nitrogens with zero attached hydrogens (tertiary/aromatic N) is 2. The molecule has 172 valence electrons. The molecule has 0 spiro atoms. The number of amides is 4. The number of aryl methyl sites for hydroxylation is 1. The van der Waals surface area contributed by atoms with Crippen LogP contribution in [0.15, 0.2) is 53.1 Å². The Balaban J connectivity index is 1.44. The van der Waals surface area contributed by atoms with Gasteiger partial charge in [-0.1, -0.05) is 5.16 Å². The lowest BCUT2D eigenvalue weighted by Crippen LogP contribution is -2.29. The van der Waals surface area contributed by atoms with Crippen molar-refractivity contribution >= 4 is 46.8 Å². The fourth-order valence-corrected chi connectivity index (χ4v) is 3.32. The number of rotatable bonds is 6. The van der Waals surface area contributed by atoms with Crippen LogP contribution in [0.1, 0.15) is 43.8 Å². The highest BCUT2D eigenvalue weighted by Gasteiger charge is 2.37. The largest absolute Gasteiger partial charge is 0.452 e. The van der Waals surface area contributed by atoms with Crippen molar-refractivity contribution in [2.24, 2.45) is 0 Å². The number of aromatic nitrogens is 1. The number of hydrogen-bond donors (Lipinski definition) is 2. The van der Waals surface area contributed by atoms with Gasteiger partial charge < -0.3 is 19.9 Å². The van der Waals surface area contributed by atoms with E-state index in [4.69, 9.17) is 9.26 Å². The van der Waals surface area contributed by atoms with Gasteiger partial charge in [-0.15, -0.1) is 0 Å². The summed E-state index contributed by atoms with van der Waals surface area (Å²) in [5.41, 5.74) is 0.997. The fourth-order valence-electron chi connectivity index (χ4n) is 3.32. The number of nitrogens with one attached hydrogen (secondary N) is 2. The highest BCUT2D eigenvalue weighted by molar-refractivity contribution is 6.34. The van der Waals surface area contributed by atoms with Crippen LogP contribution in [-0.2, 0) is 14.3 Å². The predicted molar refractivity (Wildman–Crippen MR) is 118 cm³/mol. The van der Waals surface area contributed by atoms with Crippen LogP contribution in [0, 0.1) is 6.92 Å². The van der Waals surface area contributed by atoms with Gasteiger partial charge in [0.1, 0.15) is 5.76 Å². The molecule has 4 rings (SSSR count). The van der Waals surface area contributed by atoms with Crippen molar-refractivity contribution in [1.29, 1.82) is 0 Å². The molecule has 11 heteroatoms. The maximum atomic E-state index is 12.9. The van der Waals surface area contributed by atoms with E-state index in [1.54, 1.807) is 19.1 Å². The quantitative estimate of drug-likeness (QED) is 0.419. The summed E-state index contributed by atoms with van der Waals surface area (Å²) in [7, 11) is 0. The summed E-state index contributed by atoms with van der Waals surface area (Å²) in [5.74, 6) is -2.18. The van der Waals surface area contributed by atoms with E-state index in [0.29, 0.717) is 17.1 Å². The summed E-state index contributed by atoms with van der Waals surface area (Å²) in [6.07, 6.45) is 0. The van der Waals surface area contributed by atoms with E-state index in [0.717, 1.165) is 4.90 Å². The van der Waals surface area contributed by atoms with Crippen molar-refractivity contribution in [3.05, 3.63) is 71.0 Å². The number of fused-ring (bicyclic) bond motifs is 1. The SMILES string of the molecule is CC(=O)Nc1ccc(N2C(=O)c3ccc(C(=O)OCC(=O)Nc4cc(C)on4)cc3C2=O)cc1. The van der Waals surface area contributed by atoms with Gasteiger partial charge in [-0.05, 0) is 49.4 Å². The number of carbonyl (C=O) groups excluding carboxylic acids is 5. The molecule has 2 heterocycles. The van der Waals surface area contributed by atoms with E-state index in [1.807, 2.05) is 0 Å². The lowest BCUT2D eigenvalue weighted by atomic mass is 10.1. The van der Waals surface area contributed by atoms with Crippen molar-refractivity contribution in [3.8, 4) is 0 Å². The number of esters is 1. The van der Waals surface area contributed by atoms with Crippen molar-refractivity contribution < 1.29 is 33.2 Å². The zero-order chi connectivity index (χ0) is 24.4. The Kier molecular flexibility index (Phi) is 5.92. The van der Waals surface area contributed by atoms with Crippen LogP contribution in [0.3, 0.4) is 0 Å². The molecule has 0 atom stereocenters. The maximum Gasteiger partial charge on any atom is 0.338 e. The Bertz CT molecular complexity index is 1330. The lowest BCUT2D eigenvalue weighted by Gasteiger charge is -2.14. The van der Waals surface area contributed by atoms with E-state index in [1.165, 1.54) is 43.3 Å². The Morgan fingerprint density at radius 1 is 0.971 bits per heavy atom. The first-order chi connectivity index (χ1) is 16.2. The summed E-state index contributed by atoms with van der Waals surface area (Å²) in [4.78, 5) is 62.2. The summed E-state index contributed by atoms with van der Waals surface area (Å²) in [5, 5.41) is 8.62. The van der Waals surface area contributed by atoms with Gasteiger partial charge in [-0.2, -0.15) is 0 Å². The second-order valence-electron chi connectivity index (χ2n) is 7.38. The molecule has 0 bridgehead atoms. The second-order valence-corrected chi connectivity index (χ2v) is 7.38. The van der Waals surface area contributed by atoms with Crippen LogP contribution < -0.4 is 15.5 Å². The van der Waals surface area contributed by atoms with Crippen LogP contribution in [0.5, 0.6) is 0 Å². The topological polar surface area (TPSA) is 148 Å². The molecule has 0 fully saturated rings. The summed E-state index contributed by atoms with van der Waals surface area (Å²) >= 11 is 0. The lowest BCUT2D eigenvalue weighted by molar-refractivity contribution is -0.119. The molecule has 4 amide bonds. The van der Waals surface area contributed by atoms with Crippen molar-refractivity contribution in [2.45, 2.75) is 13.8 Å². The van der Waals surface area contributed by atoms with E-state index in [9.17, 15) is 24.0 Å². The molecule has 3 aromatic rings.